The van der Waals surface area contributed by atoms with Gasteiger partial charge in [-0.15, -0.1) is 0 Å². The molecule has 10 nitrogen and oxygen atoms in total. The minimum absolute atomic E-state index is 0.175. The van der Waals surface area contributed by atoms with Crippen molar-refractivity contribution in [1.29, 1.82) is 5.26 Å². The van der Waals surface area contributed by atoms with Gasteiger partial charge in [-0.3, -0.25) is 0 Å². The highest BCUT2D eigenvalue weighted by Crippen LogP contribution is 2.54. The number of nitrogens with zero attached hydrogens (tertiary/aromatic N) is 6. The van der Waals surface area contributed by atoms with Gasteiger partial charge in [0.2, 0.25) is 5.88 Å². The second-order valence-electron chi connectivity index (χ2n) is 13.4. The first-order valence-electron chi connectivity index (χ1n) is 17.3. The molecule has 250 valence electrons. The number of likely N-dealkylation sites (N-methyl/N-ethyl adjacent to an activating group) is 1. The van der Waals surface area contributed by atoms with Crippen LogP contribution in [0.5, 0.6) is 11.9 Å². The summed E-state index contributed by atoms with van der Waals surface area (Å²) in [5.41, 5.74) is 5.84. The highest BCUT2D eigenvalue weighted by Gasteiger charge is 2.49. The summed E-state index contributed by atoms with van der Waals surface area (Å²) in [6.07, 6.45) is 3.39. The van der Waals surface area contributed by atoms with E-state index in [4.69, 9.17) is 24.2 Å². The summed E-state index contributed by atoms with van der Waals surface area (Å²) in [5, 5.41) is 9.78. The summed E-state index contributed by atoms with van der Waals surface area (Å²) in [5.74, 6) is 1.27. The molecule has 1 aliphatic carbocycles. The molecule has 8 rings (SSSR count). The van der Waals surface area contributed by atoms with E-state index in [0.29, 0.717) is 44.6 Å². The molecule has 0 unspecified atom stereocenters. The fourth-order valence-electron chi connectivity index (χ4n) is 7.97. The number of likely N-dealkylation sites (tertiary alicyclic amines) is 1. The van der Waals surface area contributed by atoms with E-state index in [-0.39, 0.29) is 25.1 Å². The molecule has 49 heavy (non-hydrogen) atoms. The second-order valence-corrected chi connectivity index (χ2v) is 13.4. The molecule has 4 aromatic rings. The topological polar surface area (TPSA) is 104 Å². The Hall–Kier alpha value is -5.14. The number of nitriles is 1. The molecule has 4 aliphatic rings. The first-order valence-corrected chi connectivity index (χ1v) is 17.3. The van der Waals surface area contributed by atoms with E-state index in [1.807, 2.05) is 30.3 Å². The van der Waals surface area contributed by atoms with Crippen LogP contribution < -0.4 is 14.4 Å². The average molecular weight is 657 g/mol. The summed E-state index contributed by atoms with van der Waals surface area (Å²) >= 11 is 0. The summed E-state index contributed by atoms with van der Waals surface area (Å²) in [4.78, 5) is 29.4. The van der Waals surface area contributed by atoms with Crippen LogP contribution in [0, 0.1) is 11.3 Å². The number of carbonyl (C=O) groups is 1. The van der Waals surface area contributed by atoms with Gasteiger partial charge in [0.25, 0.3) is 0 Å². The SMILES string of the molecule is CN1CCC[C@H]1COc1nc2c(c(N3CCN(C(=O)OCc4ccccc4)[C@@H](CC#N)C3)n1)CCC1(O2)c2ccccc2-c2ccccc21. The molecule has 1 spiro atoms. The Morgan fingerprint density at radius 2 is 1.69 bits per heavy atom. The Labute approximate surface area is 286 Å². The van der Waals surface area contributed by atoms with Crippen molar-refractivity contribution in [2.24, 2.45) is 0 Å². The number of piperazine rings is 1. The number of fused-ring (bicyclic) bond motifs is 6. The number of ether oxygens (including phenoxy) is 3. The lowest BCUT2D eigenvalue weighted by Gasteiger charge is -2.42. The van der Waals surface area contributed by atoms with Crippen molar-refractivity contribution in [3.8, 4) is 29.1 Å². The van der Waals surface area contributed by atoms with Gasteiger partial charge in [0.15, 0.2) is 5.60 Å². The summed E-state index contributed by atoms with van der Waals surface area (Å²) in [7, 11) is 2.13. The van der Waals surface area contributed by atoms with Gasteiger partial charge in [-0.25, -0.2) is 4.79 Å². The molecule has 1 amide bonds. The maximum Gasteiger partial charge on any atom is 0.410 e. The maximum atomic E-state index is 13.3. The molecule has 4 heterocycles. The molecule has 1 aromatic heterocycles. The molecular weight excluding hydrogens is 616 g/mol. The van der Waals surface area contributed by atoms with E-state index in [0.717, 1.165) is 53.9 Å². The lowest BCUT2D eigenvalue weighted by Crippen LogP contribution is -2.55. The van der Waals surface area contributed by atoms with Crippen LogP contribution in [0.2, 0.25) is 0 Å². The van der Waals surface area contributed by atoms with Gasteiger partial charge in [0, 0.05) is 43.2 Å². The van der Waals surface area contributed by atoms with E-state index < -0.39 is 11.7 Å². The molecule has 0 saturated carbocycles. The van der Waals surface area contributed by atoms with Crippen LogP contribution in [0.1, 0.15) is 47.9 Å². The number of rotatable bonds is 7. The number of hydrogen-bond donors (Lipinski definition) is 0. The fraction of sp³-hybridized carbons (Fsp3) is 0.385. The predicted molar refractivity (Wildman–Crippen MR) is 184 cm³/mol. The Balaban J connectivity index is 1.11. The number of anilines is 1. The molecule has 2 saturated heterocycles. The first-order chi connectivity index (χ1) is 24.0. The normalized spacial score (nSPS) is 20.6. The van der Waals surface area contributed by atoms with Crippen molar-refractivity contribution in [1.82, 2.24) is 19.8 Å². The van der Waals surface area contributed by atoms with Crippen molar-refractivity contribution >= 4 is 11.9 Å². The van der Waals surface area contributed by atoms with Gasteiger partial charge in [-0.05, 0) is 49.5 Å². The first kappa shape index (κ1) is 31.1. The van der Waals surface area contributed by atoms with Crippen LogP contribution in [0.3, 0.4) is 0 Å². The highest BCUT2D eigenvalue weighted by atomic mass is 16.6. The molecule has 0 radical (unpaired) electrons. The van der Waals surface area contributed by atoms with Gasteiger partial charge in [0.1, 0.15) is 19.0 Å². The van der Waals surface area contributed by atoms with E-state index in [1.54, 1.807) is 4.90 Å². The van der Waals surface area contributed by atoms with E-state index in [9.17, 15) is 10.1 Å². The summed E-state index contributed by atoms with van der Waals surface area (Å²) in [6.45, 7) is 3.07. The zero-order valence-corrected chi connectivity index (χ0v) is 27.8. The Morgan fingerprint density at radius 1 is 0.959 bits per heavy atom. The molecule has 2 fully saturated rings. The van der Waals surface area contributed by atoms with Crippen molar-refractivity contribution < 1.29 is 19.0 Å². The van der Waals surface area contributed by atoms with Gasteiger partial charge in [-0.1, -0.05) is 78.9 Å². The third-order valence-electron chi connectivity index (χ3n) is 10.6. The number of hydrogen-bond acceptors (Lipinski definition) is 9. The van der Waals surface area contributed by atoms with Gasteiger partial charge >= 0.3 is 12.1 Å². The van der Waals surface area contributed by atoms with E-state index in [2.05, 4.69) is 71.4 Å². The van der Waals surface area contributed by atoms with E-state index in [1.165, 1.54) is 11.1 Å². The molecule has 0 N–H and O–H groups in total. The third kappa shape index (κ3) is 5.72. The van der Waals surface area contributed by atoms with Gasteiger partial charge in [0.05, 0.1) is 24.1 Å². The molecule has 3 aromatic carbocycles. The number of benzene rings is 3. The molecule has 3 aliphatic heterocycles. The minimum Gasteiger partial charge on any atom is -0.462 e. The van der Waals surface area contributed by atoms with Crippen LogP contribution in [0.4, 0.5) is 10.6 Å². The van der Waals surface area contributed by atoms with Crippen LogP contribution in [0.15, 0.2) is 78.9 Å². The Kier molecular flexibility index (Phi) is 8.30. The zero-order chi connectivity index (χ0) is 33.4. The van der Waals surface area contributed by atoms with Crippen LogP contribution in [0.25, 0.3) is 11.1 Å². The van der Waals surface area contributed by atoms with Crippen molar-refractivity contribution in [2.75, 3.05) is 44.7 Å². The molecule has 10 heteroatoms. The average Bonchev–Trinajstić information content (AvgIpc) is 3.68. The molecule has 2 atom stereocenters. The largest absolute Gasteiger partial charge is 0.462 e. The molecule has 0 bridgehead atoms. The standard InChI is InChI=1S/C39H40N6O4/c1-43-21-9-12-29(43)26-47-37-41-35(44-22-23-45(28(24-44)18-20-40)38(46)48-25-27-10-3-2-4-11-27)32-17-19-39(49-36(32)42-37)33-15-7-5-13-30(33)31-14-6-8-16-34(31)39/h2-8,10-11,13-16,28-29H,9,12,17-19,21-26H2,1H3/t28-,29-/m0/s1. The van der Waals surface area contributed by atoms with Crippen LogP contribution in [-0.4, -0.2) is 77.8 Å². The summed E-state index contributed by atoms with van der Waals surface area (Å²) in [6, 6.07) is 29.1. The van der Waals surface area contributed by atoms with Crippen molar-refractivity contribution in [2.45, 2.75) is 56.4 Å². The fourth-order valence-corrected chi connectivity index (χ4v) is 7.97. The van der Waals surface area contributed by atoms with Crippen LogP contribution >= 0.6 is 0 Å². The van der Waals surface area contributed by atoms with Crippen molar-refractivity contribution in [3.63, 3.8) is 0 Å². The zero-order valence-electron chi connectivity index (χ0n) is 27.8. The van der Waals surface area contributed by atoms with Crippen molar-refractivity contribution in [3.05, 3.63) is 101 Å². The monoisotopic (exact) mass is 656 g/mol. The van der Waals surface area contributed by atoms with Gasteiger partial charge in [-0.2, -0.15) is 15.2 Å². The quantitative estimate of drug-likeness (QED) is 0.239. The smallest absolute Gasteiger partial charge is 0.410 e. The third-order valence-corrected chi connectivity index (χ3v) is 10.6. The minimum atomic E-state index is -0.667. The number of amides is 1. The Bertz CT molecular complexity index is 1850. The highest BCUT2D eigenvalue weighted by molar-refractivity contribution is 5.80. The number of carbonyl (C=O) groups excluding carboxylic acids is 1. The predicted octanol–water partition coefficient (Wildman–Crippen LogP) is 5.94. The van der Waals surface area contributed by atoms with Crippen LogP contribution in [-0.2, 0) is 23.4 Å². The molecular formula is C39H40N6O4. The summed E-state index contributed by atoms with van der Waals surface area (Å²) < 4.78 is 19.1. The maximum absolute atomic E-state index is 13.3. The van der Waals surface area contributed by atoms with Gasteiger partial charge < -0.3 is 28.9 Å². The second kappa shape index (κ2) is 13.1. The number of aromatic nitrogens is 2. The lowest BCUT2D eigenvalue weighted by molar-refractivity contribution is 0.0751. The Morgan fingerprint density at radius 3 is 2.41 bits per heavy atom. The van der Waals surface area contributed by atoms with E-state index >= 15 is 0 Å². The lowest BCUT2D eigenvalue weighted by atomic mass is 9.83.